The molecule has 0 aromatic carbocycles. The average molecular weight is 739 g/mol. The summed E-state index contributed by atoms with van der Waals surface area (Å²) >= 11 is 0. The predicted octanol–water partition coefficient (Wildman–Crippen LogP) is 13.4. The number of rotatable bonds is 19. The summed E-state index contributed by atoms with van der Waals surface area (Å²) in [6.45, 7) is 23.3. The summed E-state index contributed by atoms with van der Waals surface area (Å²) in [5, 5.41) is 10.8. The number of ether oxygens (including phenoxy) is 2. The van der Waals surface area contributed by atoms with E-state index in [2.05, 4.69) is 68.4 Å². The molecule has 4 nitrogen and oxygen atoms in total. The number of esters is 1. The number of hydrogen-bond donors (Lipinski definition) is 1. The van der Waals surface area contributed by atoms with E-state index in [9.17, 15) is 9.90 Å². The highest BCUT2D eigenvalue weighted by Gasteiger charge is 2.68. The Morgan fingerprint density at radius 3 is 2.02 bits per heavy atom. The zero-order valence-corrected chi connectivity index (χ0v) is 36.5. The summed E-state index contributed by atoms with van der Waals surface area (Å²) in [5.74, 6) is 3.47. The van der Waals surface area contributed by atoms with Crippen molar-refractivity contribution in [1.29, 1.82) is 0 Å². The van der Waals surface area contributed by atoms with Crippen molar-refractivity contribution in [3.8, 4) is 0 Å². The first-order valence-corrected chi connectivity index (χ1v) is 23.3. The van der Waals surface area contributed by atoms with E-state index in [-0.39, 0.29) is 36.1 Å². The van der Waals surface area contributed by atoms with Gasteiger partial charge in [-0.1, -0.05) is 151 Å². The predicted molar refractivity (Wildman–Crippen MR) is 222 cm³/mol. The molecule has 5 aliphatic rings. The molecule has 0 amide bonds. The molecule has 53 heavy (non-hydrogen) atoms. The fourth-order valence-electron chi connectivity index (χ4n) is 14.0. The Morgan fingerprint density at radius 1 is 0.755 bits per heavy atom. The van der Waals surface area contributed by atoms with Crippen LogP contribution in [0, 0.1) is 56.7 Å². The second kappa shape index (κ2) is 18.2. The second-order valence-electron chi connectivity index (χ2n) is 21.3. The van der Waals surface area contributed by atoms with Crippen molar-refractivity contribution in [2.24, 2.45) is 56.7 Å². The summed E-state index contributed by atoms with van der Waals surface area (Å²) < 4.78 is 12.1. The molecule has 0 unspecified atom stereocenters. The number of aliphatic hydroxyl groups is 1. The van der Waals surface area contributed by atoms with Crippen LogP contribution in [-0.4, -0.2) is 36.5 Å². The van der Waals surface area contributed by atoms with Crippen LogP contribution in [0.15, 0.2) is 11.6 Å². The van der Waals surface area contributed by atoms with E-state index in [0.717, 1.165) is 37.0 Å². The summed E-state index contributed by atoms with van der Waals surface area (Å²) in [6.07, 6.45) is 31.0. The van der Waals surface area contributed by atoms with Gasteiger partial charge in [-0.2, -0.15) is 0 Å². The first-order valence-electron chi connectivity index (χ1n) is 23.3. The third-order valence-corrected chi connectivity index (χ3v) is 17.7. The van der Waals surface area contributed by atoms with Crippen molar-refractivity contribution < 1.29 is 19.4 Å². The zero-order chi connectivity index (χ0) is 38.5. The van der Waals surface area contributed by atoms with Crippen LogP contribution in [0.2, 0.25) is 0 Å². The van der Waals surface area contributed by atoms with Gasteiger partial charge >= 0.3 is 5.97 Å². The van der Waals surface area contributed by atoms with Crippen LogP contribution in [0.4, 0.5) is 0 Å². The van der Waals surface area contributed by atoms with E-state index in [1.54, 1.807) is 0 Å². The fourth-order valence-corrected chi connectivity index (χ4v) is 14.0. The molecule has 306 valence electrons. The van der Waals surface area contributed by atoms with Gasteiger partial charge in [0.15, 0.2) is 0 Å². The van der Waals surface area contributed by atoms with Gasteiger partial charge in [-0.25, -0.2) is 0 Å². The summed E-state index contributed by atoms with van der Waals surface area (Å²) in [6, 6.07) is 0. The number of fused-ring (bicyclic) bond motifs is 7. The van der Waals surface area contributed by atoms with E-state index < -0.39 is 6.10 Å². The van der Waals surface area contributed by atoms with Gasteiger partial charge in [0, 0.05) is 6.42 Å². The molecule has 0 aliphatic heterocycles. The number of aliphatic hydroxyl groups excluding tert-OH is 1. The van der Waals surface area contributed by atoms with Crippen LogP contribution in [0.25, 0.3) is 0 Å². The molecule has 4 saturated carbocycles. The SMILES string of the molecule is CCCCCCCCCCCCCCCC(=O)OC[C@@H](O)CO[C@H]1CC[C@]2(C)[C@H]3CC=C4[C@@H]5[C@H](C)[C@@H](C)CC[C@]5(C)CC[C@@]4(C)[C@]3(C)CC[C@H]2C1(C)C. The summed E-state index contributed by atoms with van der Waals surface area (Å²) in [4.78, 5) is 12.4. The molecule has 0 saturated heterocycles. The van der Waals surface area contributed by atoms with Crippen molar-refractivity contribution >= 4 is 5.97 Å². The van der Waals surface area contributed by atoms with E-state index >= 15 is 0 Å². The molecule has 0 radical (unpaired) electrons. The van der Waals surface area contributed by atoms with Gasteiger partial charge in [-0.3, -0.25) is 4.79 Å². The Balaban J connectivity index is 1.05. The quantitative estimate of drug-likeness (QED) is 0.0814. The molecule has 4 heteroatoms. The maximum absolute atomic E-state index is 12.4. The number of carbonyl (C=O) groups is 1. The van der Waals surface area contributed by atoms with Gasteiger partial charge in [0.05, 0.1) is 12.7 Å². The van der Waals surface area contributed by atoms with Gasteiger partial charge in [-0.15, -0.1) is 0 Å². The van der Waals surface area contributed by atoms with Crippen LogP contribution in [-0.2, 0) is 14.3 Å². The first kappa shape index (κ1) is 43.3. The van der Waals surface area contributed by atoms with E-state index in [4.69, 9.17) is 9.47 Å². The average Bonchev–Trinajstić information content (AvgIpc) is 3.11. The van der Waals surface area contributed by atoms with Crippen LogP contribution in [0.5, 0.6) is 0 Å². The lowest BCUT2D eigenvalue weighted by Gasteiger charge is -2.71. The number of hydrogen-bond acceptors (Lipinski definition) is 4. The highest BCUT2D eigenvalue weighted by Crippen LogP contribution is 2.75. The molecule has 11 atom stereocenters. The number of allylic oxidation sites excluding steroid dienone is 2. The molecule has 0 aromatic heterocycles. The first-order chi connectivity index (χ1) is 25.1. The minimum atomic E-state index is -0.770. The fraction of sp³-hybridized carbons (Fsp3) is 0.939. The minimum absolute atomic E-state index is 0.0301. The van der Waals surface area contributed by atoms with Crippen molar-refractivity contribution in [2.45, 2.75) is 222 Å². The molecule has 0 aromatic rings. The monoisotopic (exact) mass is 739 g/mol. The molecule has 0 heterocycles. The van der Waals surface area contributed by atoms with E-state index in [1.165, 1.54) is 122 Å². The van der Waals surface area contributed by atoms with Crippen LogP contribution >= 0.6 is 0 Å². The lowest BCUT2D eigenvalue weighted by atomic mass is 9.33. The molecule has 1 N–H and O–H groups in total. The van der Waals surface area contributed by atoms with Crippen LogP contribution in [0.3, 0.4) is 0 Å². The Labute approximate surface area is 328 Å². The summed E-state index contributed by atoms with van der Waals surface area (Å²) in [7, 11) is 0. The molecular weight excluding hydrogens is 653 g/mol. The van der Waals surface area contributed by atoms with Crippen molar-refractivity contribution in [1.82, 2.24) is 0 Å². The maximum atomic E-state index is 12.4. The van der Waals surface area contributed by atoms with Crippen molar-refractivity contribution in [2.75, 3.05) is 13.2 Å². The maximum Gasteiger partial charge on any atom is 0.305 e. The lowest BCUT2D eigenvalue weighted by molar-refractivity contribution is -0.215. The van der Waals surface area contributed by atoms with E-state index in [0.29, 0.717) is 34.5 Å². The molecular formula is C49H86O4. The van der Waals surface area contributed by atoms with Gasteiger partial charge in [0.1, 0.15) is 12.7 Å². The molecule has 0 spiro atoms. The third-order valence-electron chi connectivity index (χ3n) is 17.7. The van der Waals surface area contributed by atoms with Gasteiger partial charge in [-0.05, 0) is 121 Å². The lowest BCUT2D eigenvalue weighted by Crippen LogP contribution is -2.65. The van der Waals surface area contributed by atoms with Crippen LogP contribution < -0.4 is 0 Å². The Morgan fingerprint density at radius 2 is 1.38 bits per heavy atom. The zero-order valence-electron chi connectivity index (χ0n) is 36.5. The standard InChI is InChI=1S/C49H86O4/c1-10-11-12-13-14-15-16-17-18-19-20-21-22-23-43(51)53-35-38(50)34-52-42-28-30-47(7)40(45(42,4)5)27-31-49(9)41(47)25-24-39-44-37(3)36(2)26-29-46(44,6)32-33-48(39,49)8/h24,36-38,40-42,44,50H,10-23,25-35H2,1-9H3/t36-,37+,38-,40-,41+,42-,44-,46+,47-,48+,49+/m0/s1. The Kier molecular flexibility index (Phi) is 14.8. The van der Waals surface area contributed by atoms with Gasteiger partial charge in [0.2, 0.25) is 0 Å². The Hall–Kier alpha value is -0.870. The molecule has 5 rings (SSSR count). The summed E-state index contributed by atoms with van der Waals surface area (Å²) in [5.41, 5.74) is 3.29. The molecule has 5 aliphatic carbocycles. The highest BCUT2D eigenvalue weighted by atomic mass is 16.5. The minimum Gasteiger partial charge on any atom is -0.463 e. The largest absolute Gasteiger partial charge is 0.463 e. The highest BCUT2D eigenvalue weighted by molar-refractivity contribution is 5.69. The van der Waals surface area contributed by atoms with Crippen molar-refractivity contribution in [3.05, 3.63) is 11.6 Å². The molecule has 4 fully saturated rings. The van der Waals surface area contributed by atoms with Crippen LogP contribution in [0.1, 0.15) is 210 Å². The normalized spacial score (nSPS) is 39.5. The van der Waals surface area contributed by atoms with E-state index in [1.807, 2.05) is 5.57 Å². The molecule has 0 bridgehead atoms. The topological polar surface area (TPSA) is 55.8 Å². The van der Waals surface area contributed by atoms with Gasteiger partial charge < -0.3 is 14.6 Å². The second-order valence-corrected chi connectivity index (χ2v) is 21.3. The number of unbranched alkanes of at least 4 members (excludes halogenated alkanes) is 12. The van der Waals surface area contributed by atoms with Crippen molar-refractivity contribution in [3.63, 3.8) is 0 Å². The smallest absolute Gasteiger partial charge is 0.305 e. The number of carbonyl (C=O) groups excluding carboxylic acids is 1. The third kappa shape index (κ3) is 9.00. The Bertz CT molecular complexity index is 1210. The van der Waals surface area contributed by atoms with Gasteiger partial charge in [0.25, 0.3) is 0 Å².